The Morgan fingerprint density at radius 2 is 1.67 bits per heavy atom. The number of carbonyl (C=O) groups is 5. The van der Waals surface area contributed by atoms with Crippen LogP contribution in [0.2, 0.25) is 0 Å². The minimum Gasteiger partial charge on any atom is -0.494 e. The SMILES string of the molecule is CN(C(=O)c1ccc(NCCCOc2ccc(C(C)(C)c3ccc(OCc4nc(C(=O)N5CCCC5)no4)cc3)cc2)cc1C=O)C1CCC(=O)NC1=O. The highest BCUT2D eigenvalue weighted by molar-refractivity contribution is 6.06. The lowest BCUT2D eigenvalue weighted by Gasteiger charge is -2.30. The van der Waals surface area contributed by atoms with Crippen molar-refractivity contribution in [3.63, 3.8) is 0 Å². The fraction of sp³-hybridized carbons (Fsp3) is 0.375. The van der Waals surface area contributed by atoms with E-state index in [9.17, 15) is 24.0 Å². The molecule has 2 aliphatic rings. The molecule has 0 aliphatic carbocycles. The van der Waals surface area contributed by atoms with E-state index in [-0.39, 0.29) is 59.5 Å². The predicted octanol–water partition coefficient (Wildman–Crippen LogP) is 4.78. The highest BCUT2D eigenvalue weighted by Crippen LogP contribution is 2.33. The summed E-state index contributed by atoms with van der Waals surface area (Å²) < 4.78 is 17.1. The van der Waals surface area contributed by atoms with Crippen molar-refractivity contribution in [1.29, 1.82) is 0 Å². The van der Waals surface area contributed by atoms with Gasteiger partial charge in [-0.25, -0.2) is 0 Å². The van der Waals surface area contributed by atoms with E-state index in [1.165, 1.54) is 11.9 Å². The topological polar surface area (TPSA) is 173 Å². The average molecular weight is 737 g/mol. The first-order chi connectivity index (χ1) is 26.0. The second kappa shape index (κ2) is 16.7. The van der Waals surface area contributed by atoms with Crippen LogP contribution in [0.15, 0.2) is 71.3 Å². The van der Waals surface area contributed by atoms with Crippen LogP contribution in [0.3, 0.4) is 0 Å². The van der Waals surface area contributed by atoms with Crippen LogP contribution in [-0.2, 0) is 21.6 Å². The van der Waals surface area contributed by atoms with Gasteiger partial charge in [-0.3, -0.25) is 29.3 Å². The Balaban J connectivity index is 0.940. The number of likely N-dealkylation sites (tertiary alicyclic amines) is 1. The summed E-state index contributed by atoms with van der Waals surface area (Å²) in [5.41, 5.74) is 2.98. The summed E-state index contributed by atoms with van der Waals surface area (Å²) >= 11 is 0. The van der Waals surface area contributed by atoms with Gasteiger partial charge in [-0.05, 0) is 79.3 Å². The Hall–Kier alpha value is -6.05. The molecule has 14 nitrogen and oxygen atoms in total. The van der Waals surface area contributed by atoms with Gasteiger partial charge < -0.3 is 29.1 Å². The standard InChI is InChI=1S/C40H44N6O8/c1-40(2,28-9-14-31(15-10-28)53-25-35-43-36(44-54-35)39(51)46-20-4-5-21-46)27-7-12-30(13-8-27)52-22-6-19-41-29-11-16-32(26(23-29)24-47)38(50)45(3)33-17-18-34(48)42-37(33)49/h7-16,23-24,33,41H,4-6,17-22,25H2,1-3H3,(H,42,48,49). The molecule has 1 aromatic heterocycles. The maximum atomic E-state index is 13.1. The number of aldehydes is 1. The third-order valence-electron chi connectivity index (χ3n) is 9.89. The number of rotatable bonds is 15. The van der Waals surface area contributed by atoms with Gasteiger partial charge in [0.1, 0.15) is 17.5 Å². The lowest BCUT2D eigenvalue weighted by molar-refractivity contribution is -0.136. The van der Waals surface area contributed by atoms with Crippen molar-refractivity contribution in [1.82, 2.24) is 25.3 Å². The summed E-state index contributed by atoms with van der Waals surface area (Å²) in [7, 11) is 1.49. The van der Waals surface area contributed by atoms with Gasteiger partial charge in [-0.2, -0.15) is 4.98 Å². The zero-order chi connectivity index (χ0) is 38.2. The quantitative estimate of drug-likeness (QED) is 0.0977. The highest BCUT2D eigenvalue weighted by Gasteiger charge is 2.33. The number of benzene rings is 3. The van der Waals surface area contributed by atoms with E-state index in [1.54, 1.807) is 23.1 Å². The number of amides is 4. The van der Waals surface area contributed by atoms with E-state index in [2.05, 4.69) is 46.8 Å². The van der Waals surface area contributed by atoms with Gasteiger partial charge in [0.25, 0.3) is 23.5 Å². The van der Waals surface area contributed by atoms with Crippen LogP contribution in [-0.4, -0.2) is 89.2 Å². The van der Waals surface area contributed by atoms with Gasteiger partial charge in [0, 0.05) is 49.8 Å². The first-order valence-corrected chi connectivity index (χ1v) is 18.1. The number of nitrogens with one attached hydrogen (secondary N) is 2. The highest BCUT2D eigenvalue weighted by atomic mass is 16.5. The van der Waals surface area contributed by atoms with Crippen LogP contribution < -0.4 is 20.1 Å². The fourth-order valence-electron chi connectivity index (χ4n) is 6.55. The number of anilines is 1. The molecular weight excluding hydrogens is 692 g/mol. The maximum Gasteiger partial charge on any atom is 0.295 e. The van der Waals surface area contributed by atoms with Gasteiger partial charge in [0.05, 0.1) is 12.2 Å². The molecule has 1 unspecified atom stereocenters. The molecule has 2 N–H and O–H groups in total. The number of hydrogen-bond acceptors (Lipinski definition) is 11. The summed E-state index contributed by atoms with van der Waals surface area (Å²) in [6, 6.07) is 19.9. The Morgan fingerprint density at radius 1 is 1.00 bits per heavy atom. The normalized spacial score (nSPS) is 15.8. The molecule has 2 saturated heterocycles. The van der Waals surface area contributed by atoms with Gasteiger partial charge in [-0.1, -0.05) is 43.3 Å². The van der Waals surface area contributed by atoms with Crippen molar-refractivity contribution >= 4 is 35.6 Å². The monoisotopic (exact) mass is 736 g/mol. The molecule has 6 rings (SSSR count). The van der Waals surface area contributed by atoms with E-state index >= 15 is 0 Å². The van der Waals surface area contributed by atoms with Crippen molar-refractivity contribution in [3.05, 3.63) is 101 Å². The van der Waals surface area contributed by atoms with Crippen LogP contribution in [0.5, 0.6) is 11.5 Å². The number of nitrogens with zero attached hydrogens (tertiary/aromatic N) is 4. The summed E-state index contributed by atoms with van der Waals surface area (Å²) in [6.45, 7) is 6.82. The second-order valence-electron chi connectivity index (χ2n) is 13.9. The van der Waals surface area contributed by atoms with Gasteiger partial charge in [0.2, 0.25) is 11.8 Å². The Morgan fingerprint density at radius 3 is 2.31 bits per heavy atom. The second-order valence-corrected chi connectivity index (χ2v) is 13.9. The average Bonchev–Trinajstić information content (AvgIpc) is 3.90. The molecule has 54 heavy (non-hydrogen) atoms. The van der Waals surface area contributed by atoms with Crippen molar-refractivity contribution < 1.29 is 38.0 Å². The molecule has 0 radical (unpaired) electrons. The number of likely N-dealkylation sites (N-methyl/N-ethyl adjacent to an activating group) is 1. The number of imide groups is 1. The number of hydrogen-bond donors (Lipinski definition) is 2. The molecule has 0 spiro atoms. The molecule has 3 aromatic carbocycles. The van der Waals surface area contributed by atoms with Crippen LogP contribution >= 0.6 is 0 Å². The third kappa shape index (κ3) is 8.76. The van der Waals surface area contributed by atoms with Crippen molar-refractivity contribution in [3.8, 4) is 11.5 Å². The maximum absolute atomic E-state index is 13.1. The van der Waals surface area contributed by atoms with E-state index in [4.69, 9.17) is 14.0 Å². The van der Waals surface area contributed by atoms with E-state index < -0.39 is 17.9 Å². The third-order valence-corrected chi connectivity index (χ3v) is 9.89. The number of ether oxygens (including phenoxy) is 2. The number of piperidine rings is 1. The van der Waals surface area contributed by atoms with Crippen molar-refractivity contribution in [2.45, 2.75) is 64.0 Å². The minimum absolute atomic E-state index is 0.0601. The summed E-state index contributed by atoms with van der Waals surface area (Å²) in [5.74, 6) is 0.126. The minimum atomic E-state index is -0.779. The fourth-order valence-corrected chi connectivity index (χ4v) is 6.55. The van der Waals surface area contributed by atoms with Gasteiger partial charge in [-0.15, -0.1) is 0 Å². The van der Waals surface area contributed by atoms with E-state index in [0.717, 1.165) is 29.7 Å². The molecule has 1 atom stereocenters. The first kappa shape index (κ1) is 37.7. The molecule has 14 heteroatoms. The lowest BCUT2D eigenvalue weighted by Crippen LogP contribution is -2.53. The zero-order valence-electron chi connectivity index (χ0n) is 30.6. The Bertz CT molecular complexity index is 1990. The smallest absolute Gasteiger partial charge is 0.295 e. The van der Waals surface area contributed by atoms with Crippen LogP contribution in [0.25, 0.3) is 0 Å². The summed E-state index contributed by atoms with van der Waals surface area (Å²) in [4.78, 5) is 68.4. The van der Waals surface area contributed by atoms with Gasteiger partial charge in [0.15, 0.2) is 12.9 Å². The first-order valence-electron chi connectivity index (χ1n) is 18.1. The van der Waals surface area contributed by atoms with E-state index in [1.807, 2.05) is 36.4 Å². The predicted molar refractivity (Wildman–Crippen MR) is 197 cm³/mol. The Kier molecular flexibility index (Phi) is 11.7. The molecule has 2 aliphatic heterocycles. The van der Waals surface area contributed by atoms with E-state index in [0.29, 0.717) is 50.4 Å². The van der Waals surface area contributed by atoms with Crippen LogP contribution in [0.1, 0.15) is 94.3 Å². The summed E-state index contributed by atoms with van der Waals surface area (Å²) in [5, 5.41) is 9.33. The molecular formula is C40H44N6O8. The number of aromatic nitrogens is 2. The lowest BCUT2D eigenvalue weighted by atomic mass is 9.78. The molecule has 4 amide bonds. The van der Waals surface area contributed by atoms with Crippen LogP contribution in [0.4, 0.5) is 5.69 Å². The zero-order valence-corrected chi connectivity index (χ0v) is 30.6. The molecule has 282 valence electrons. The number of carbonyl (C=O) groups excluding carboxylic acids is 5. The molecule has 0 bridgehead atoms. The van der Waals surface area contributed by atoms with Crippen molar-refractivity contribution in [2.75, 3.05) is 38.6 Å². The molecule has 2 fully saturated rings. The largest absolute Gasteiger partial charge is 0.494 e. The Labute approximate surface area is 313 Å². The molecule has 3 heterocycles. The molecule has 4 aromatic rings. The molecule has 0 saturated carbocycles. The summed E-state index contributed by atoms with van der Waals surface area (Å²) in [6.07, 6.45) is 3.65. The van der Waals surface area contributed by atoms with Crippen LogP contribution in [0, 0.1) is 0 Å². The van der Waals surface area contributed by atoms with Gasteiger partial charge >= 0.3 is 0 Å². The van der Waals surface area contributed by atoms with Crippen molar-refractivity contribution in [2.24, 2.45) is 0 Å².